The van der Waals surface area contributed by atoms with Crippen LogP contribution in [0.1, 0.15) is 40.0 Å². The van der Waals surface area contributed by atoms with Crippen LogP contribution in [0.3, 0.4) is 0 Å². The largest absolute Gasteiger partial charge is 0.390 e. The van der Waals surface area contributed by atoms with Gasteiger partial charge in [-0.3, -0.25) is 9.59 Å². The molecule has 0 aromatic heterocycles. The van der Waals surface area contributed by atoms with Crippen LogP contribution in [0.15, 0.2) is 23.8 Å². The van der Waals surface area contributed by atoms with E-state index in [0.29, 0.717) is 6.42 Å². The van der Waals surface area contributed by atoms with E-state index in [-0.39, 0.29) is 41.8 Å². The van der Waals surface area contributed by atoms with Crippen molar-refractivity contribution in [2.45, 2.75) is 58.0 Å². The number of carbonyl (C=O) groups is 2. The van der Waals surface area contributed by atoms with Crippen LogP contribution < -0.4 is 0 Å². The van der Waals surface area contributed by atoms with Crippen LogP contribution in [-0.2, 0) is 9.59 Å². The van der Waals surface area contributed by atoms with Gasteiger partial charge >= 0.3 is 0 Å². The fourth-order valence-corrected chi connectivity index (χ4v) is 7.36. The number of ketones is 2. The first kappa shape index (κ1) is 19.9. The third-order valence-corrected chi connectivity index (χ3v) is 8.47. The van der Waals surface area contributed by atoms with Crippen molar-refractivity contribution in [1.82, 2.24) is 0 Å². The normalized spacial score (nSPS) is 52.5. The first-order chi connectivity index (χ1) is 13.0. The van der Waals surface area contributed by atoms with Gasteiger partial charge in [-0.15, -0.1) is 0 Å². The Kier molecular flexibility index (Phi) is 4.30. The highest BCUT2D eigenvalue weighted by molar-refractivity contribution is 6.01. The lowest BCUT2D eigenvalue weighted by molar-refractivity contribution is -0.202. The summed E-state index contributed by atoms with van der Waals surface area (Å²) < 4.78 is 32.0. The zero-order chi connectivity index (χ0) is 20.6. The van der Waals surface area contributed by atoms with Crippen molar-refractivity contribution in [1.29, 1.82) is 0 Å². The summed E-state index contributed by atoms with van der Waals surface area (Å²) in [6, 6.07) is 0. The van der Waals surface area contributed by atoms with Crippen molar-refractivity contribution in [3.63, 3.8) is 0 Å². The number of carbonyl (C=O) groups excluding carboxylic acids is 2. The maximum absolute atomic E-state index is 16.8. The van der Waals surface area contributed by atoms with Crippen molar-refractivity contribution in [3.8, 4) is 0 Å². The van der Waals surface area contributed by atoms with E-state index in [0.717, 1.165) is 0 Å². The van der Waals surface area contributed by atoms with Gasteiger partial charge in [0, 0.05) is 17.3 Å². The minimum Gasteiger partial charge on any atom is -0.390 e. The SMILES string of the molecule is C[C@@H]1C[C@@H]2[C@H]3C[C@H](F)C4=CC(=O)C=C[C@]4(C)[C@]3(F)[C@@H](O)C[C@@]2(C)[C@@H]1C(=O)CO. The molecular formula is C22H28F2O4. The van der Waals surface area contributed by atoms with Crippen molar-refractivity contribution in [2.75, 3.05) is 6.61 Å². The number of aliphatic hydroxyl groups is 2. The highest BCUT2D eigenvalue weighted by Gasteiger charge is 2.73. The van der Waals surface area contributed by atoms with Gasteiger partial charge < -0.3 is 10.2 Å². The third kappa shape index (κ3) is 2.22. The Morgan fingerprint density at radius 3 is 2.61 bits per heavy atom. The molecule has 28 heavy (non-hydrogen) atoms. The average molecular weight is 394 g/mol. The maximum Gasteiger partial charge on any atom is 0.178 e. The summed E-state index contributed by atoms with van der Waals surface area (Å²) in [4.78, 5) is 24.3. The number of fused-ring (bicyclic) bond motifs is 5. The molecule has 0 bridgehead atoms. The van der Waals surface area contributed by atoms with Crippen LogP contribution in [-0.4, -0.2) is 46.3 Å². The van der Waals surface area contributed by atoms with E-state index in [9.17, 15) is 19.8 Å². The fourth-order valence-electron chi connectivity index (χ4n) is 7.36. The number of halogens is 2. The Morgan fingerprint density at radius 2 is 1.96 bits per heavy atom. The lowest BCUT2D eigenvalue weighted by Crippen LogP contribution is -2.68. The van der Waals surface area contributed by atoms with Crippen LogP contribution >= 0.6 is 0 Å². The Bertz CT molecular complexity index is 791. The summed E-state index contributed by atoms with van der Waals surface area (Å²) in [5.41, 5.74) is -4.09. The summed E-state index contributed by atoms with van der Waals surface area (Å²) in [6.07, 6.45) is 1.52. The molecule has 3 fully saturated rings. The predicted molar refractivity (Wildman–Crippen MR) is 98.8 cm³/mol. The second kappa shape index (κ2) is 6.05. The number of hydrogen-bond acceptors (Lipinski definition) is 4. The van der Waals surface area contributed by atoms with Crippen LogP contribution in [0.25, 0.3) is 0 Å². The highest BCUT2D eigenvalue weighted by Crippen LogP contribution is 2.70. The summed E-state index contributed by atoms with van der Waals surface area (Å²) in [6.45, 7) is 4.78. The third-order valence-electron chi connectivity index (χ3n) is 8.47. The van der Waals surface area contributed by atoms with Gasteiger partial charge in [-0.05, 0) is 61.2 Å². The standard InChI is InChI=1S/C22H28F2O4/c1-11-6-13-14-8-16(23)15-7-12(26)4-5-21(15,3)22(14,24)18(28)9-20(13,2)19(11)17(27)10-25/h4-5,7,11,13-14,16,18-19,25,28H,6,8-10H2,1-3H3/t11-,13-,14-,16+,18+,19+,20-,21+,22-/m1/s1. The van der Waals surface area contributed by atoms with E-state index in [1.807, 2.05) is 13.8 Å². The fraction of sp³-hybridized carbons (Fsp3) is 0.727. The maximum atomic E-state index is 16.8. The van der Waals surface area contributed by atoms with E-state index in [1.165, 1.54) is 18.2 Å². The smallest absolute Gasteiger partial charge is 0.178 e. The zero-order valence-corrected chi connectivity index (χ0v) is 16.5. The molecule has 0 saturated heterocycles. The summed E-state index contributed by atoms with van der Waals surface area (Å²) >= 11 is 0. The molecule has 0 aliphatic heterocycles. The van der Waals surface area contributed by atoms with Crippen LogP contribution in [0, 0.1) is 34.5 Å². The van der Waals surface area contributed by atoms with Crippen LogP contribution in [0.2, 0.25) is 0 Å². The van der Waals surface area contributed by atoms with Gasteiger partial charge in [0.2, 0.25) is 0 Å². The predicted octanol–water partition coefficient (Wildman–Crippen LogP) is 2.73. The molecule has 154 valence electrons. The molecule has 0 aromatic carbocycles. The van der Waals surface area contributed by atoms with Crippen molar-refractivity contribution in [3.05, 3.63) is 23.8 Å². The second-order valence-corrected chi connectivity index (χ2v) is 9.76. The molecule has 4 nitrogen and oxygen atoms in total. The van der Waals surface area contributed by atoms with E-state index in [4.69, 9.17) is 0 Å². The van der Waals surface area contributed by atoms with Gasteiger partial charge in [0.15, 0.2) is 17.2 Å². The second-order valence-electron chi connectivity index (χ2n) is 9.76. The summed E-state index contributed by atoms with van der Waals surface area (Å²) in [5.74, 6) is -2.26. The number of hydrogen-bond donors (Lipinski definition) is 2. The molecule has 2 N–H and O–H groups in total. The molecule has 6 heteroatoms. The van der Waals surface area contributed by atoms with Gasteiger partial charge in [0.25, 0.3) is 0 Å². The first-order valence-electron chi connectivity index (χ1n) is 10.1. The van der Waals surface area contributed by atoms with Crippen molar-refractivity contribution < 1.29 is 28.6 Å². The molecule has 0 heterocycles. The minimum atomic E-state index is -2.11. The Balaban J connectivity index is 1.84. The molecule has 4 aliphatic rings. The molecule has 4 aliphatic carbocycles. The van der Waals surface area contributed by atoms with E-state index in [1.54, 1.807) is 6.92 Å². The first-order valence-corrected chi connectivity index (χ1v) is 10.1. The quantitative estimate of drug-likeness (QED) is 0.755. The number of Topliss-reactive ketones (excluding diaryl/α,β-unsaturated/α-hetero) is 1. The van der Waals surface area contributed by atoms with Gasteiger partial charge in [0.1, 0.15) is 12.8 Å². The number of allylic oxidation sites excluding steroid dienone is 4. The average Bonchev–Trinajstić information content (AvgIpc) is 2.89. The Labute approximate surface area is 163 Å². The van der Waals surface area contributed by atoms with Gasteiger partial charge in [-0.2, -0.15) is 0 Å². The number of alkyl halides is 2. The molecule has 0 unspecified atom stereocenters. The van der Waals surface area contributed by atoms with E-state index < -0.39 is 47.2 Å². The molecule has 0 aromatic rings. The van der Waals surface area contributed by atoms with E-state index >= 15 is 8.78 Å². The topological polar surface area (TPSA) is 74.6 Å². The zero-order valence-electron chi connectivity index (χ0n) is 16.5. The van der Waals surface area contributed by atoms with Gasteiger partial charge in [-0.1, -0.05) is 19.9 Å². The molecule has 9 atom stereocenters. The van der Waals surface area contributed by atoms with E-state index in [2.05, 4.69) is 0 Å². The highest BCUT2D eigenvalue weighted by atomic mass is 19.1. The van der Waals surface area contributed by atoms with Gasteiger partial charge in [-0.25, -0.2) is 8.78 Å². The monoisotopic (exact) mass is 394 g/mol. The molecule has 0 amide bonds. The molecule has 0 radical (unpaired) electrons. The van der Waals surface area contributed by atoms with Crippen molar-refractivity contribution >= 4 is 11.6 Å². The lowest BCUT2D eigenvalue weighted by Gasteiger charge is -2.62. The lowest BCUT2D eigenvalue weighted by atomic mass is 9.45. The van der Waals surface area contributed by atoms with Crippen molar-refractivity contribution in [2.24, 2.45) is 34.5 Å². The van der Waals surface area contributed by atoms with Crippen LogP contribution in [0.5, 0.6) is 0 Å². The summed E-state index contributed by atoms with van der Waals surface area (Å²) in [5, 5.41) is 20.5. The van der Waals surface area contributed by atoms with Crippen LogP contribution in [0.4, 0.5) is 8.78 Å². The van der Waals surface area contributed by atoms with Gasteiger partial charge in [0.05, 0.1) is 6.10 Å². The number of rotatable bonds is 2. The Hall–Kier alpha value is -1.40. The molecule has 4 rings (SSSR count). The molecular weight excluding hydrogens is 366 g/mol. The number of aliphatic hydroxyl groups excluding tert-OH is 2. The molecule has 0 spiro atoms. The molecule has 3 saturated carbocycles. The Morgan fingerprint density at radius 1 is 1.29 bits per heavy atom. The minimum absolute atomic E-state index is 0.0736. The summed E-state index contributed by atoms with van der Waals surface area (Å²) in [7, 11) is 0.